The van der Waals surface area contributed by atoms with Crippen molar-refractivity contribution in [3.63, 3.8) is 0 Å². The number of hydrogen-bond donors (Lipinski definition) is 0. The Morgan fingerprint density at radius 2 is 2.15 bits per heavy atom. The summed E-state index contributed by atoms with van der Waals surface area (Å²) in [4.78, 5) is 4.72. The third-order valence-corrected chi connectivity index (χ3v) is 2.30. The molecule has 0 N–H and O–H groups in total. The fraction of sp³-hybridized carbons (Fsp3) is 0.300. The van der Waals surface area contributed by atoms with Gasteiger partial charge in [-0.15, -0.1) is 0 Å². The van der Waals surface area contributed by atoms with Gasteiger partial charge in [-0.2, -0.15) is 0 Å². The van der Waals surface area contributed by atoms with Crippen LogP contribution >= 0.6 is 15.9 Å². The largest absolute Gasteiger partial charge is 0.399 e. The van der Waals surface area contributed by atoms with Crippen LogP contribution in [0.5, 0.6) is 0 Å². The van der Waals surface area contributed by atoms with Gasteiger partial charge in [-0.3, -0.25) is 0 Å². The lowest BCUT2D eigenvalue weighted by molar-refractivity contribution is 0.213. The maximum atomic E-state index is 4.72. The number of nitrogens with zero attached hydrogens (tertiary/aromatic N) is 1. The second kappa shape index (κ2) is 4.42. The smallest absolute Gasteiger partial charge is 0.106 e. The molecular weight excluding hydrogens is 230 g/mol. The molecule has 13 heavy (non-hydrogen) atoms. The van der Waals surface area contributed by atoms with E-state index in [1.165, 1.54) is 5.56 Å². The van der Waals surface area contributed by atoms with E-state index in [4.69, 9.17) is 4.84 Å². The normalized spacial score (nSPS) is 11.5. The van der Waals surface area contributed by atoms with Gasteiger partial charge in [0.2, 0.25) is 0 Å². The minimum absolute atomic E-state index is 0.896. The van der Waals surface area contributed by atoms with E-state index in [0.29, 0.717) is 0 Å². The van der Waals surface area contributed by atoms with Crippen LogP contribution in [0.4, 0.5) is 0 Å². The Labute approximate surface area is 86.7 Å². The van der Waals surface area contributed by atoms with Crippen LogP contribution in [0, 0.1) is 6.92 Å². The molecule has 0 saturated heterocycles. The van der Waals surface area contributed by atoms with Crippen molar-refractivity contribution < 1.29 is 4.84 Å². The van der Waals surface area contributed by atoms with Crippen molar-refractivity contribution in [1.82, 2.24) is 0 Å². The lowest BCUT2D eigenvalue weighted by Crippen LogP contribution is -1.98. The Balaban J connectivity index is 3.09. The van der Waals surface area contributed by atoms with Crippen molar-refractivity contribution in [3.05, 3.63) is 33.8 Å². The molecule has 0 unspecified atom stereocenters. The molecule has 0 aliphatic heterocycles. The Morgan fingerprint density at radius 1 is 1.46 bits per heavy atom. The Hall–Kier alpha value is -0.830. The maximum absolute atomic E-state index is 4.72. The molecule has 0 bridgehead atoms. The van der Waals surface area contributed by atoms with Gasteiger partial charge in [0.05, 0.1) is 5.71 Å². The fourth-order valence-corrected chi connectivity index (χ4v) is 1.69. The van der Waals surface area contributed by atoms with Crippen LogP contribution < -0.4 is 0 Å². The minimum Gasteiger partial charge on any atom is -0.399 e. The summed E-state index contributed by atoms with van der Waals surface area (Å²) in [6.07, 6.45) is 0. The summed E-state index contributed by atoms with van der Waals surface area (Å²) in [5.74, 6) is 0. The molecule has 1 aromatic carbocycles. The Kier molecular flexibility index (Phi) is 3.48. The summed E-state index contributed by atoms with van der Waals surface area (Å²) in [5.41, 5.74) is 3.20. The number of rotatable bonds is 2. The van der Waals surface area contributed by atoms with E-state index in [0.717, 1.165) is 15.7 Å². The lowest BCUT2D eigenvalue weighted by atomic mass is 10.1. The second-order valence-corrected chi connectivity index (χ2v) is 3.73. The minimum atomic E-state index is 0.896. The molecule has 0 atom stereocenters. The Bertz CT molecular complexity index is 334. The first-order valence-corrected chi connectivity index (χ1v) is 4.78. The molecular formula is C10H12BrNO. The SMILES string of the molecule is CO/N=C(\C)c1ccc(Br)cc1C. The summed E-state index contributed by atoms with van der Waals surface area (Å²) < 4.78 is 1.08. The monoisotopic (exact) mass is 241 g/mol. The summed E-state index contributed by atoms with van der Waals surface area (Å²) in [7, 11) is 1.55. The van der Waals surface area contributed by atoms with Gasteiger partial charge in [-0.25, -0.2) is 0 Å². The van der Waals surface area contributed by atoms with E-state index in [1.54, 1.807) is 7.11 Å². The molecule has 0 aliphatic carbocycles. The molecule has 70 valence electrons. The number of halogens is 1. The second-order valence-electron chi connectivity index (χ2n) is 2.82. The average Bonchev–Trinajstić information content (AvgIpc) is 2.04. The molecule has 0 amide bonds. The maximum Gasteiger partial charge on any atom is 0.106 e. The van der Waals surface area contributed by atoms with Crippen molar-refractivity contribution in [2.45, 2.75) is 13.8 Å². The zero-order chi connectivity index (χ0) is 9.84. The molecule has 0 spiro atoms. The van der Waals surface area contributed by atoms with Crippen LogP contribution in [0.1, 0.15) is 18.1 Å². The first-order valence-electron chi connectivity index (χ1n) is 3.99. The average molecular weight is 242 g/mol. The predicted octanol–water partition coefficient (Wildman–Crippen LogP) is 3.13. The summed E-state index contributed by atoms with van der Waals surface area (Å²) in [5, 5.41) is 3.89. The van der Waals surface area contributed by atoms with Gasteiger partial charge in [0.1, 0.15) is 7.11 Å². The van der Waals surface area contributed by atoms with Crippen molar-refractivity contribution >= 4 is 21.6 Å². The van der Waals surface area contributed by atoms with Crippen molar-refractivity contribution in [1.29, 1.82) is 0 Å². The van der Waals surface area contributed by atoms with E-state index in [1.807, 2.05) is 19.1 Å². The number of oxime groups is 1. The lowest BCUT2D eigenvalue weighted by Gasteiger charge is -2.04. The fourth-order valence-electron chi connectivity index (χ4n) is 1.22. The zero-order valence-corrected chi connectivity index (χ0v) is 9.55. The van der Waals surface area contributed by atoms with Crippen LogP contribution in [0.15, 0.2) is 27.8 Å². The van der Waals surface area contributed by atoms with Gasteiger partial charge in [-0.1, -0.05) is 27.2 Å². The van der Waals surface area contributed by atoms with Crippen molar-refractivity contribution in [2.24, 2.45) is 5.16 Å². The molecule has 1 aromatic rings. The van der Waals surface area contributed by atoms with Crippen molar-refractivity contribution in [3.8, 4) is 0 Å². The molecule has 0 aliphatic rings. The highest BCUT2D eigenvalue weighted by Gasteiger charge is 2.02. The van der Waals surface area contributed by atoms with Crippen LogP contribution in [-0.2, 0) is 4.84 Å². The summed E-state index contributed by atoms with van der Waals surface area (Å²) in [6.45, 7) is 3.98. The molecule has 0 aromatic heterocycles. The van der Waals surface area contributed by atoms with Gasteiger partial charge < -0.3 is 4.84 Å². The first-order chi connectivity index (χ1) is 6.15. The molecule has 2 nitrogen and oxygen atoms in total. The number of hydrogen-bond acceptors (Lipinski definition) is 2. The van der Waals surface area contributed by atoms with E-state index in [9.17, 15) is 0 Å². The standard InChI is InChI=1S/C10H12BrNO/c1-7-6-9(11)4-5-10(7)8(2)12-13-3/h4-6H,1-3H3/b12-8+. The van der Waals surface area contributed by atoms with Crippen LogP contribution in [0.25, 0.3) is 0 Å². The van der Waals surface area contributed by atoms with Gasteiger partial charge in [0, 0.05) is 10.0 Å². The van der Waals surface area contributed by atoms with Crippen LogP contribution in [0.2, 0.25) is 0 Å². The van der Waals surface area contributed by atoms with Crippen molar-refractivity contribution in [2.75, 3.05) is 7.11 Å². The summed E-state index contributed by atoms with van der Waals surface area (Å²) in [6, 6.07) is 6.08. The Morgan fingerprint density at radius 3 is 2.69 bits per heavy atom. The molecule has 0 heterocycles. The summed E-state index contributed by atoms with van der Waals surface area (Å²) >= 11 is 3.41. The van der Waals surface area contributed by atoms with E-state index in [2.05, 4.69) is 34.1 Å². The highest BCUT2D eigenvalue weighted by atomic mass is 79.9. The molecule has 0 fully saturated rings. The molecule has 0 saturated carbocycles. The number of aryl methyl sites for hydroxylation is 1. The zero-order valence-electron chi connectivity index (χ0n) is 7.97. The van der Waals surface area contributed by atoms with Crippen LogP contribution in [-0.4, -0.2) is 12.8 Å². The topological polar surface area (TPSA) is 21.6 Å². The van der Waals surface area contributed by atoms with E-state index >= 15 is 0 Å². The van der Waals surface area contributed by atoms with Gasteiger partial charge in [0.15, 0.2) is 0 Å². The van der Waals surface area contributed by atoms with Crippen LogP contribution in [0.3, 0.4) is 0 Å². The van der Waals surface area contributed by atoms with Gasteiger partial charge >= 0.3 is 0 Å². The third-order valence-electron chi connectivity index (χ3n) is 1.81. The predicted molar refractivity (Wildman–Crippen MR) is 58.1 cm³/mol. The number of benzene rings is 1. The first kappa shape index (κ1) is 10.3. The third kappa shape index (κ3) is 2.56. The quantitative estimate of drug-likeness (QED) is 0.576. The molecule has 0 radical (unpaired) electrons. The molecule has 1 rings (SSSR count). The highest BCUT2D eigenvalue weighted by molar-refractivity contribution is 9.10. The molecule has 3 heteroatoms. The van der Waals surface area contributed by atoms with E-state index < -0.39 is 0 Å². The van der Waals surface area contributed by atoms with Gasteiger partial charge in [-0.05, 0) is 31.5 Å². The van der Waals surface area contributed by atoms with E-state index in [-0.39, 0.29) is 0 Å². The highest BCUT2D eigenvalue weighted by Crippen LogP contribution is 2.16. The van der Waals surface area contributed by atoms with Gasteiger partial charge in [0.25, 0.3) is 0 Å².